The van der Waals surface area contributed by atoms with Crippen molar-refractivity contribution >= 4 is 0 Å². The third-order valence-corrected chi connectivity index (χ3v) is 5.22. The van der Waals surface area contributed by atoms with Gasteiger partial charge in [0.2, 0.25) is 0 Å². The Morgan fingerprint density at radius 2 is 1.79 bits per heavy atom. The summed E-state index contributed by atoms with van der Waals surface area (Å²) in [6.07, 6.45) is 8.17. The molecule has 1 heteroatoms. The Morgan fingerprint density at radius 3 is 2.42 bits per heavy atom. The Kier molecular flexibility index (Phi) is 3.21. The molecule has 19 heavy (non-hydrogen) atoms. The van der Waals surface area contributed by atoms with Crippen LogP contribution in [0, 0.1) is 5.41 Å². The molecule has 1 atom stereocenters. The van der Waals surface area contributed by atoms with Crippen molar-refractivity contribution in [1.29, 1.82) is 0 Å². The topological polar surface area (TPSA) is 20.2 Å². The molecule has 1 N–H and O–H groups in total. The average molecular weight is 258 g/mol. The molecule has 104 valence electrons. The van der Waals surface area contributed by atoms with Gasteiger partial charge in [0.25, 0.3) is 0 Å². The van der Waals surface area contributed by atoms with Gasteiger partial charge in [-0.3, -0.25) is 0 Å². The monoisotopic (exact) mass is 258 g/mol. The van der Waals surface area contributed by atoms with E-state index in [9.17, 15) is 5.11 Å². The first-order chi connectivity index (χ1) is 9.00. The van der Waals surface area contributed by atoms with Gasteiger partial charge in [0, 0.05) is 0 Å². The highest BCUT2D eigenvalue weighted by Crippen LogP contribution is 2.49. The Morgan fingerprint density at radius 1 is 1.05 bits per heavy atom. The molecule has 0 spiro atoms. The molecule has 1 aromatic rings. The largest absolute Gasteiger partial charge is 0.385 e. The highest BCUT2D eigenvalue weighted by atomic mass is 16.3. The van der Waals surface area contributed by atoms with Gasteiger partial charge in [-0.15, -0.1) is 0 Å². The first-order valence-corrected chi connectivity index (χ1v) is 7.82. The van der Waals surface area contributed by atoms with Crippen LogP contribution in [0.3, 0.4) is 0 Å². The molecular formula is C18H26O. The van der Waals surface area contributed by atoms with Crippen molar-refractivity contribution in [2.24, 2.45) is 5.41 Å². The van der Waals surface area contributed by atoms with Crippen LogP contribution in [-0.2, 0) is 5.60 Å². The predicted molar refractivity (Wildman–Crippen MR) is 79.2 cm³/mol. The normalized spacial score (nSPS) is 30.9. The molecule has 0 aromatic heterocycles. The van der Waals surface area contributed by atoms with Crippen LogP contribution in [0.4, 0.5) is 0 Å². The van der Waals surface area contributed by atoms with Crippen LogP contribution in [0.2, 0.25) is 0 Å². The zero-order chi connectivity index (χ0) is 13.5. The van der Waals surface area contributed by atoms with E-state index in [4.69, 9.17) is 0 Å². The minimum absolute atomic E-state index is 0.264. The third-order valence-electron chi connectivity index (χ3n) is 5.22. The average Bonchev–Trinajstić information content (AvgIpc) is 2.25. The van der Waals surface area contributed by atoms with Crippen molar-refractivity contribution in [3.8, 4) is 0 Å². The zero-order valence-electron chi connectivity index (χ0n) is 12.3. The lowest BCUT2D eigenvalue weighted by Gasteiger charge is -2.44. The van der Waals surface area contributed by atoms with E-state index in [0.717, 1.165) is 19.3 Å². The van der Waals surface area contributed by atoms with Gasteiger partial charge < -0.3 is 5.11 Å². The van der Waals surface area contributed by atoms with Gasteiger partial charge in [0.1, 0.15) is 0 Å². The quantitative estimate of drug-likeness (QED) is 0.812. The minimum Gasteiger partial charge on any atom is -0.385 e. The standard InChI is InChI=1S/C18H26O/c1-17(2)11-6-12-18(19,13-17)16-10-4-3-9-15(16)14-7-5-8-14/h3-4,9-10,14,19H,5-8,11-13H2,1-2H3. The van der Waals surface area contributed by atoms with E-state index in [1.807, 2.05) is 0 Å². The van der Waals surface area contributed by atoms with E-state index in [2.05, 4.69) is 38.1 Å². The van der Waals surface area contributed by atoms with Gasteiger partial charge in [0.15, 0.2) is 0 Å². The van der Waals surface area contributed by atoms with Crippen LogP contribution in [-0.4, -0.2) is 5.11 Å². The van der Waals surface area contributed by atoms with Crippen LogP contribution >= 0.6 is 0 Å². The maximum atomic E-state index is 11.2. The fraction of sp³-hybridized carbons (Fsp3) is 0.667. The molecule has 3 rings (SSSR count). The molecule has 0 saturated heterocycles. The summed E-state index contributed by atoms with van der Waals surface area (Å²) in [7, 11) is 0. The SMILES string of the molecule is CC1(C)CCCC(O)(c2ccccc2C2CCC2)C1. The maximum Gasteiger partial charge on any atom is 0.0904 e. The lowest BCUT2D eigenvalue weighted by Crippen LogP contribution is -2.37. The van der Waals surface area contributed by atoms with Gasteiger partial charge in [-0.1, -0.05) is 44.5 Å². The second kappa shape index (κ2) is 4.63. The zero-order valence-corrected chi connectivity index (χ0v) is 12.3. The van der Waals surface area contributed by atoms with Gasteiger partial charge in [-0.2, -0.15) is 0 Å². The van der Waals surface area contributed by atoms with E-state index < -0.39 is 5.60 Å². The van der Waals surface area contributed by atoms with E-state index in [-0.39, 0.29) is 5.41 Å². The van der Waals surface area contributed by atoms with Gasteiger partial charge >= 0.3 is 0 Å². The number of aliphatic hydroxyl groups is 1. The summed E-state index contributed by atoms with van der Waals surface area (Å²) in [6, 6.07) is 8.65. The molecule has 1 aromatic carbocycles. The van der Waals surface area contributed by atoms with Crippen LogP contribution in [0.5, 0.6) is 0 Å². The molecule has 0 radical (unpaired) electrons. The van der Waals surface area contributed by atoms with Crippen LogP contribution in [0.25, 0.3) is 0 Å². The first kappa shape index (κ1) is 13.2. The number of benzene rings is 1. The van der Waals surface area contributed by atoms with E-state index in [1.54, 1.807) is 0 Å². The Labute approximate surface area is 117 Å². The molecular weight excluding hydrogens is 232 g/mol. The summed E-state index contributed by atoms with van der Waals surface area (Å²) in [5, 5.41) is 11.2. The number of hydrogen-bond donors (Lipinski definition) is 1. The molecule has 0 heterocycles. The van der Waals surface area contributed by atoms with Gasteiger partial charge in [0.05, 0.1) is 5.60 Å². The van der Waals surface area contributed by atoms with Crippen molar-refractivity contribution < 1.29 is 5.11 Å². The minimum atomic E-state index is -0.589. The van der Waals surface area contributed by atoms with E-state index >= 15 is 0 Å². The Balaban J connectivity index is 1.96. The molecule has 0 bridgehead atoms. The Hall–Kier alpha value is -0.820. The molecule has 2 fully saturated rings. The van der Waals surface area contributed by atoms with Crippen molar-refractivity contribution in [2.45, 2.75) is 70.3 Å². The molecule has 1 nitrogen and oxygen atoms in total. The second-order valence-electron chi connectivity index (χ2n) is 7.44. The molecule has 0 amide bonds. The number of hydrogen-bond acceptors (Lipinski definition) is 1. The highest BCUT2D eigenvalue weighted by molar-refractivity contribution is 5.36. The molecule has 1 unspecified atom stereocenters. The summed E-state index contributed by atoms with van der Waals surface area (Å²) in [5.74, 6) is 0.699. The second-order valence-corrected chi connectivity index (χ2v) is 7.44. The summed E-state index contributed by atoms with van der Waals surface area (Å²) >= 11 is 0. The van der Waals surface area contributed by atoms with Crippen LogP contribution < -0.4 is 0 Å². The van der Waals surface area contributed by atoms with Gasteiger partial charge in [-0.05, 0) is 61.0 Å². The predicted octanol–water partition coefficient (Wildman–Crippen LogP) is 4.74. The molecule has 2 saturated carbocycles. The van der Waals surface area contributed by atoms with Crippen LogP contribution in [0.15, 0.2) is 24.3 Å². The smallest absolute Gasteiger partial charge is 0.0904 e. The fourth-order valence-electron chi connectivity index (χ4n) is 4.05. The lowest BCUT2D eigenvalue weighted by atomic mass is 9.65. The molecule has 0 aliphatic heterocycles. The van der Waals surface area contributed by atoms with Crippen molar-refractivity contribution in [2.75, 3.05) is 0 Å². The van der Waals surface area contributed by atoms with Crippen molar-refractivity contribution in [1.82, 2.24) is 0 Å². The van der Waals surface area contributed by atoms with Crippen molar-refractivity contribution in [3.05, 3.63) is 35.4 Å². The lowest BCUT2D eigenvalue weighted by molar-refractivity contribution is -0.0451. The van der Waals surface area contributed by atoms with Gasteiger partial charge in [-0.25, -0.2) is 0 Å². The first-order valence-electron chi connectivity index (χ1n) is 7.82. The van der Waals surface area contributed by atoms with Crippen molar-refractivity contribution in [3.63, 3.8) is 0 Å². The molecule has 2 aliphatic carbocycles. The summed E-state index contributed by atoms with van der Waals surface area (Å²) in [6.45, 7) is 4.59. The summed E-state index contributed by atoms with van der Waals surface area (Å²) in [4.78, 5) is 0. The summed E-state index contributed by atoms with van der Waals surface area (Å²) < 4.78 is 0. The summed E-state index contributed by atoms with van der Waals surface area (Å²) in [5.41, 5.74) is 2.33. The maximum absolute atomic E-state index is 11.2. The highest BCUT2D eigenvalue weighted by Gasteiger charge is 2.41. The third kappa shape index (κ3) is 2.45. The Bertz CT molecular complexity index is 459. The van der Waals surface area contributed by atoms with E-state index in [0.29, 0.717) is 5.92 Å². The van der Waals surface area contributed by atoms with E-state index in [1.165, 1.54) is 36.8 Å². The number of rotatable bonds is 2. The van der Waals surface area contributed by atoms with Crippen LogP contribution in [0.1, 0.15) is 75.8 Å². The molecule has 2 aliphatic rings. The fourth-order valence-corrected chi connectivity index (χ4v) is 4.05.